The second-order valence-corrected chi connectivity index (χ2v) is 4.04. The van der Waals surface area contributed by atoms with Crippen LogP contribution in [0.25, 0.3) is 0 Å². The molecule has 1 fully saturated rings. The van der Waals surface area contributed by atoms with Crippen molar-refractivity contribution in [1.29, 1.82) is 0 Å². The average Bonchev–Trinajstić information content (AvgIpc) is 2.46. The molecule has 0 aliphatic carbocycles. The zero-order chi connectivity index (χ0) is 13.0. The largest absolute Gasteiger partial charge is 0.493 e. The highest BCUT2D eigenvalue weighted by Gasteiger charge is 2.18. The number of piperazine rings is 1. The molecular weight excluding hydrogens is 232 g/mol. The Hall–Kier alpha value is -1.62. The minimum atomic E-state index is 0.630. The van der Waals surface area contributed by atoms with Crippen LogP contribution in [0.3, 0.4) is 0 Å². The van der Waals surface area contributed by atoms with E-state index in [9.17, 15) is 0 Å². The monoisotopic (exact) mass is 251 g/mol. The van der Waals surface area contributed by atoms with Crippen LogP contribution in [0.2, 0.25) is 0 Å². The third kappa shape index (κ3) is 2.46. The van der Waals surface area contributed by atoms with Crippen molar-refractivity contribution < 1.29 is 14.2 Å². The van der Waals surface area contributed by atoms with Crippen LogP contribution in [-0.4, -0.2) is 47.5 Å². The van der Waals surface area contributed by atoms with Crippen molar-refractivity contribution in [1.82, 2.24) is 5.32 Å². The van der Waals surface area contributed by atoms with Gasteiger partial charge >= 0.3 is 0 Å². The predicted molar refractivity (Wildman–Crippen MR) is 70.2 cm³/mol. The van der Waals surface area contributed by atoms with Gasteiger partial charge in [0.05, 0.1) is 21.3 Å². The average molecular weight is 251 g/mol. The number of benzene rings is 1. The minimum Gasteiger partial charge on any atom is -0.493 e. The summed E-state index contributed by atoms with van der Waals surface area (Å²) in [4.78, 5) is 2.28. The molecule has 1 saturated heterocycles. The van der Waals surface area contributed by atoms with Gasteiger partial charge in [0.25, 0.3) is 0 Å². The Morgan fingerprint density at radius 3 is 1.94 bits per heavy atom. The van der Waals surface area contributed by atoms with E-state index in [4.69, 9.17) is 14.2 Å². The van der Waals surface area contributed by atoms with Crippen molar-refractivity contribution in [2.75, 3.05) is 52.4 Å². The van der Waals surface area contributed by atoms with Gasteiger partial charge in [-0.15, -0.1) is 0 Å². The van der Waals surface area contributed by atoms with Crippen molar-refractivity contribution in [3.63, 3.8) is 0 Å². The summed E-state index contributed by atoms with van der Waals surface area (Å²) in [6, 6.07) is 3.96. The van der Waals surface area contributed by atoms with E-state index < -0.39 is 0 Å². The highest BCUT2D eigenvalue weighted by atomic mass is 16.5. The normalized spacial score (nSPS) is 15.4. The molecule has 0 saturated carbocycles. The molecule has 2 rings (SSSR count). The van der Waals surface area contributed by atoms with E-state index in [-0.39, 0.29) is 0 Å². The molecule has 1 aromatic rings. The van der Waals surface area contributed by atoms with Gasteiger partial charge in [-0.3, -0.25) is 0 Å². The van der Waals surface area contributed by atoms with Crippen molar-refractivity contribution in [3.8, 4) is 17.2 Å². The fraction of sp³-hybridized carbons (Fsp3) is 0.538. The molecule has 1 heterocycles. The predicted octanol–water partition coefficient (Wildman–Crippen LogP) is 1.14. The first-order chi connectivity index (χ1) is 8.80. The van der Waals surface area contributed by atoms with Crippen molar-refractivity contribution >= 4 is 5.69 Å². The molecule has 1 aliphatic rings. The first-order valence-corrected chi connectivity index (χ1v) is 5.98. The SMILES string of the molecule is COc1cc(N2CC[N]CC2)cc(OC)c1OC. The molecule has 0 aromatic heterocycles. The molecule has 0 atom stereocenters. The number of methoxy groups -OCH3 is 3. The highest BCUT2D eigenvalue weighted by Crippen LogP contribution is 2.41. The molecule has 1 radical (unpaired) electrons. The molecule has 0 unspecified atom stereocenters. The Bertz CT molecular complexity index is 378. The number of hydrogen-bond acceptors (Lipinski definition) is 4. The summed E-state index contributed by atoms with van der Waals surface area (Å²) in [6.07, 6.45) is 0. The maximum atomic E-state index is 5.36. The van der Waals surface area contributed by atoms with E-state index in [1.54, 1.807) is 21.3 Å². The van der Waals surface area contributed by atoms with Crippen LogP contribution in [0.5, 0.6) is 17.2 Å². The first-order valence-electron chi connectivity index (χ1n) is 5.98. The van der Waals surface area contributed by atoms with E-state index in [0.717, 1.165) is 31.9 Å². The van der Waals surface area contributed by atoms with Crippen molar-refractivity contribution in [3.05, 3.63) is 12.1 Å². The van der Waals surface area contributed by atoms with Gasteiger partial charge in [-0.1, -0.05) is 0 Å². The summed E-state index contributed by atoms with van der Waals surface area (Å²) in [5.74, 6) is 2.01. The molecule has 5 heteroatoms. The van der Waals surface area contributed by atoms with Crippen LogP contribution in [-0.2, 0) is 0 Å². The van der Waals surface area contributed by atoms with E-state index >= 15 is 0 Å². The van der Waals surface area contributed by atoms with Gasteiger partial charge in [0.1, 0.15) is 0 Å². The molecule has 18 heavy (non-hydrogen) atoms. The van der Waals surface area contributed by atoms with Gasteiger partial charge in [-0.2, -0.15) is 0 Å². The summed E-state index contributed by atoms with van der Waals surface area (Å²) in [7, 11) is 4.87. The number of anilines is 1. The lowest BCUT2D eigenvalue weighted by molar-refractivity contribution is 0.324. The molecule has 0 bridgehead atoms. The third-order valence-corrected chi connectivity index (χ3v) is 3.07. The summed E-state index contributed by atoms with van der Waals surface area (Å²) in [6.45, 7) is 3.60. The summed E-state index contributed by atoms with van der Waals surface area (Å²) in [5.41, 5.74) is 1.08. The quantitative estimate of drug-likeness (QED) is 0.805. The van der Waals surface area contributed by atoms with Crippen molar-refractivity contribution in [2.45, 2.75) is 0 Å². The van der Waals surface area contributed by atoms with Gasteiger partial charge in [0.2, 0.25) is 5.75 Å². The lowest BCUT2D eigenvalue weighted by Gasteiger charge is -2.29. The standard InChI is InChI=1S/C13H19N2O3/c1-16-11-8-10(15-6-4-14-5-7-15)9-12(17-2)13(11)18-3/h8-9H,4-7H2,1-3H3. The molecular formula is C13H19N2O3. The molecule has 0 spiro atoms. The molecule has 5 nitrogen and oxygen atoms in total. The second kappa shape index (κ2) is 5.82. The van der Waals surface area contributed by atoms with Crippen molar-refractivity contribution in [2.24, 2.45) is 0 Å². The molecule has 0 amide bonds. The van der Waals surface area contributed by atoms with Gasteiger partial charge in [-0.05, 0) is 0 Å². The topological polar surface area (TPSA) is 45.0 Å². The van der Waals surface area contributed by atoms with E-state index in [0.29, 0.717) is 17.2 Å². The zero-order valence-corrected chi connectivity index (χ0v) is 11.1. The fourth-order valence-electron chi connectivity index (χ4n) is 2.11. The first kappa shape index (κ1) is 12.8. The smallest absolute Gasteiger partial charge is 0.203 e. The highest BCUT2D eigenvalue weighted by molar-refractivity contribution is 5.63. The maximum Gasteiger partial charge on any atom is 0.203 e. The summed E-state index contributed by atoms with van der Waals surface area (Å²) < 4.78 is 16.0. The lowest BCUT2D eigenvalue weighted by Crippen LogP contribution is -2.40. The maximum absolute atomic E-state index is 5.36. The van der Waals surface area contributed by atoms with Crippen LogP contribution in [0.15, 0.2) is 12.1 Å². The summed E-state index contributed by atoms with van der Waals surface area (Å²) in [5, 5.41) is 4.34. The number of ether oxygens (including phenoxy) is 3. The van der Waals surface area contributed by atoms with Crippen LogP contribution >= 0.6 is 0 Å². The Kier molecular flexibility index (Phi) is 4.15. The van der Waals surface area contributed by atoms with Crippen LogP contribution in [0, 0.1) is 0 Å². The summed E-state index contributed by atoms with van der Waals surface area (Å²) >= 11 is 0. The van der Waals surface area contributed by atoms with Crippen LogP contribution in [0.1, 0.15) is 0 Å². The second-order valence-electron chi connectivity index (χ2n) is 4.04. The zero-order valence-electron chi connectivity index (χ0n) is 11.1. The van der Waals surface area contributed by atoms with E-state index in [1.165, 1.54) is 0 Å². The minimum absolute atomic E-state index is 0.630. The Morgan fingerprint density at radius 2 is 1.50 bits per heavy atom. The number of hydrogen-bond donors (Lipinski definition) is 0. The number of nitrogens with zero attached hydrogens (tertiary/aromatic N) is 2. The van der Waals surface area contributed by atoms with Gasteiger partial charge < -0.3 is 19.1 Å². The molecule has 1 aromatic carbocycles. The van der Waals surface area contributed by atoms with Gasteiger partial charge in [0.15, 0.2) is 11.5 Å². The van der Waals surface area contributed by atoms with Gasteiger partial charge in [0, 0.05) is 44.0 Å². The van der Waals surface area contributed by atoms with E-state index in [2.05, 4.69) is 10.2 Å². The molecule has 0 N–H and O–H groups in total. The fourth-order valence-corrected chi connectivity index (χ4v) is 2.11. The molecule has 99 valence electrons. The van der Waals surface area contributed by atoms with Gasteiger partial charge in [-0.25, -0.2) is 5.32 Å². The molecule has 1 aliphatic heterocycles. The van der Waals surface area contributed by atoms with Crippen LogP contribution < -0.4 is 24.4 Å². The number of rotatable bonds is 4. The third-order valence-electron chi connectivity index (χ3n) is 3.07. The Morgan fingerprint density at radius 1 is 0.944 bits per heavy atom. The Labute approximate surface area is 108 Å². The Balaban J connectivity index is 2.35. The van der Waals surface area contributed by atoms with Crippen LogP contribution in [0.4, 0.5) is 5.69 Å². The lowest BCUT2D eigenvalue weighted by atomic mass is 10.2. The van der Waals surface area contributed by atoms with E-state index in [1.807, 2.05) is 12.1 Å².